The van der Waals surface area contributed by atoms with Crippen LogP contribution in [0.2, 0.25) is 0 Å². The van der Waals surface area contributed by atoms with Crippen LogP contribution in [0.1, 0.15) is 20.3 Å². The minimum absolute atomic E-state index is 0.242. The highest BCUT2D eigenvalue weighted by atomic mass is 32.2. The number of carbonyl (C=O) groups is 1. The van der Waals surface area contributed by atoms with Gasteiger partial charge in [-0.05, 0) is 32.0 Å². The summed E-state index contributed by atoms with van der Waals surface area (Å²) in [5.74, 6) is 1.16. The van der Waals surface area contributed by atoms with Crippen LogP contribution in [-0.4, -0.2) is 38.0 Å². The summed E-state index contributed by atoms with van der Waals surface area (Å²) in [6.45, 7) is 4.72. The topological polar surface area (TPSA) is 47.6 Å². The summed E-state index contributed by atoms with van der Waals surface area (Å²) in [5, 5.41) is 3.27. The normalized spacial score (nSPS) is 13.6. The average molecular weight is 297 g/mol. The fraction of sp³-hybridized carbons (Fsp3) is 0.533. The van der Waals surface area contributed by atoms with Crippen molar-refractivity contribution in [2.75, 3.05) is 26.5 Å². The predicted molar refractivity (Wildman–Crippen MR) is 82.4 cm³/mol. The standard InChI is InChI=1S/C15H23NO3S/c1-5-10-16-15(2,14(17)19-4)11-20-13-9-7-6-8-12(13)18-3/h6-9,16H,5,10-11H2,1-4H3. The molecule has 1 rings (SSSR count). The van der Waals surface area contributed by atoms with Crippen LogP contribution in [0.5, 0.6) is 5.75 Å². The van der Waals surface area contributed by atoms with Gasteiger partial charge in [0.1, 0.15) is 11.3 Å². The van der Waals surface area contributed by atoms with Crippen LogP contribution in [0.25, 0.3) is 0 Å². The molecule has 0 spiro atoms. The summed E-state index contributed by atoms with van der Waals surface area (Å²) >= 11 is 1.58. The number of thioether (sulfide) groups is 1. The molecule has 0 saturated carbocycles. The highest BCUT2D eigenvalue weighted by Crippen LogP contribution is 2.31. The van der Waals surface area contributed by atoms with E-state index in [0.29, 0.717) is 5.75 Å². The van der Waals surface area contributed by atoms with Crippen molar-refractivity contribution in [1.82, 2.24) is 5.32 Å². The van der Waals surface area contributed by atoms with Crippen LogP contribution in [0.15, 0.2) is 29.2 Å². The van der Waals surface area contributed by atoms with E-state index in [4.69, 9.17) is 9.47 Å². The first-order valence-electron chi connectivity index (χ1n) is 6.66. The third kappa shape index (κ3) is 4.42. The van der Waals surface area contributed by atoms with Gasteiger partial charge in [0.2, 0.25) is 0 Å². The summed E-state index contributed by atoms with van der Waals surface area (Å²) in [6.07, 6.45) is 0.964. The maximum atomic E-state index is 12.0. The number of para-hydroxylation sites is 1. The van der Waals surface area contributed by atoms with Crippen LogP contribution in [0, 0.1) is 0 Å². The molecule has 0 saturated heterocycles. The molecule has 5 heteroatoms. The average Bonchev–Trinajstić information content (AvgIpc) is 2.50. The van der Waals surface area contributed by atoms with E-state index < -0.39 is 5.54 Å². The van der Waals surface area contributed by atoms with Crippen molar-refractivity contribution >= 4 is 17.7 Å². The number of hydrogen-bond acceptors (Lipinski definition) is 5. The van der Waals surface area contributed by atoms with E-state index in [9.17, 15) is 4.79 Å². The molecule has 0 aliphatic carbocycles. The molecule has 0 aliphatic heterocycles. The van der Waals surface area contributed by atoms with E-state index in [2.05, 4.69) is 12.2 Å². The number of ether oxygens (including phenoxy) is 2. The molecular weight excluding hydrogens is 274 g/mol. The second-order valence-electron chi connectivity index (χ2n) is 4.69. The van der Waals surface area contributed by atoms with Gasteiger partial charge in [0.15, 0.2) is 0 Å². The Morgan fingerprint density at radius 3 is 2.65 bits per heavy atom. The number of nitrogens with one attached hydrogen (secondary N) is 1. The first-order chi connectivity index (χ1) is 9.57. The lowest BCUT2D eigenvalue weighted by Crippen LogP contribution is -2.52. The Kier molecular flexibility index (Phi) is 6.88. The first kappa shape index (κ1) is 16.9. The Morgan fingerprint density at radius 1 is 1.35 bits per heavy atom. The number of carbonyl (C=O) groups excluding carboxylic acids is 1. The van der Waals surface area contributed by atoms with Crippen molar-refractivity contribution in [1.29, 1.82) is 0 Å². The minimum Gasteiger partial charge on any atom is -0.496 e. The van der Waals surface area contributed by atoms with Gasteiger partial charge in [-0.25, -0.2) is 0 Å². The molecule has 20 heavy (non-hydrogen) atoms. The van der Waals surface area contributed by atoms with Crippen LogP contribution in [-0.2, 0) is 9.53 Å². The van der Waals surface area contributed by atoms with E-state index in [-0.39, 0.29) is 5.97 Å². The molecule has 0 heterocycles. The Hall–Kier alpha value is -1.20. The smallest absolute Gasteiger partial charge is 0.326 e. The second kappa shape index (κ2) is 8.17. The first-order valence-corrected chi connectivity index (χ1v) is 7.65. The zero-order valence-electron chi connectivity index (χ0n) is 12.6. The lowest BCUT2D eigenvalue weighted by molar-refractivity contribution is -0.146. The highest BCUT2D eigenvalue weighted by Gasteiger charge is 2.33. The van der Waals surface area contributed by atoms with Crippen molar-refractivity contribution in [3.05, 3.63) is 24.3 Å². The molecule has 1 aromatic carbocycles. The Morgan fingerprint density at radius 2 is 2.05 bits per heavy atom. The number of benzene rings is 1. The van der Waals surface area contributed by atoms with Gasteiger partial charge in [0, 0.05) is 10.6 Å². The third-order valence-corrected chi connectivity index (χ3v) is 4.36. The maximum Gasteiger partial charge on any atom is 0.326 e. The van der Waals surface area contributed by atoms with Gasteiger partial charge < -0.3 is 14.8 Å². The van der Waals surface area contributed by atoms with Gasteiger partial charge in [-0.1, -0.05) is 19.1 Å². The molecule has 1 unspecified atom stereocenters. The van der Waals surface area contributed by atoms with Crippen LogP contribution >= 0.6 is 11.8 Å². The molecule has 1 aromatic rings. The lowest BCUT2D eigenvalue weighted by Gasteiger charge is -2.27. The Balaban J connectivity index is 2.78. The minimum atomic E-state index is -0.698. The third-order valence-electron chi connectivity index (χ3n) is 2.99. The van der Waals surface area contributed by atoms with Crippen molar-refractivity contribution in [2.24, 2.45) is 0 Å². The summed E-state index contributed by atoms with van der Waals surface area (Å²) in [5.41, 5.74) is -0.698. The van der Waals surface area contributed by atoms with Crippen molar-refractivity contribution in [2.45, 2.75) is 30.7 Å². The molecular formula is C15H23NO3S. The summed E-state index contributed by atoms with van der Waals surface area (Å²) in [4.78, 5) is 13.0. The number of esters is 1. The van der Waals surface area contributed by atoms with Gasteiger partial charge in [-0.2, -0.15) is 0 Å². The lowest BCUT2D eigenvalue weighted by atomic mass is 10.1. The molecule has 1 N–H and O–H groups in total. The fourth-order valence-electron chi connectivity index (χ4n) is 1.77. The Bertz CT molecular complexity index is 439. The van der Waals surface area contributed by atoms with E-state index in [1.807, 2.05) is 31.2 Å². The molecule has 4 nitrogen and oxygen atoms in total. The molecule has 0 radical (unpaired) electrons. The summed E-state index contributed by atoms with van der Waals surface area (Å²) < 4.78 is 10.2. The van der Waals surface area contributed by atoms with Gasteiger partial charge in [0.25, 0.3) is 0 Å². The van der Waals surface area contributed by atoms with E-state index in [1.165, 1.54) is 7.11 Å². The number of rotatable bonds is 8. The maximum absolute atomic E-state index is 12.0. The van der Waals surface area contributed by atoms with Crippen molar-refractivity contribution in [3.63, 3.8) is 0 Å². The van der Waals surface area contributed by atoms with Crippen molar-refractivity contribution in [3.8, 4) is 5.75 Å². The monoisotopic (exact) mass is 297 g/mol. The van der Waals surface area contributed by atoms with E-state index >= 15 is 0 Å². The van der Waals surface area contributed by atoms with Gasteiger partial charge in [0.05, 0.1) is 14.2 Å². The number of hydrogen-bond donors (Lipinski definition) is 1. The molecule has 0 aromatic heterocycles. The number of methoxy groups -OCH3 is 2. The van der Waals surface area contributed by atoms with Crippen LogP contribution < -0.4 is 10.1 Å². The molecule has 1 atom stereocenters. The largest absolute Gasteiger partial charge is 0.496 e. The quantitative estimate of drug-likeness (QED) is 0.590. The van der Waals surface area contributed by atoms with Crippen LogP contribution in [0.3, 0.4) is 0 Å². The van der Waals surface area contributed by atoms with E-state index in [0.717, 1.165) is 23.6 Å². The zero-order valence-corrected chi connectivity index (χ0v) is 13.4. The summed E-state index contributed by atoms with van der Waals surface area (Å²) in [6, 6.07) is 7.79. The predicted octanol–water partition coefficient (Wildman–Crippen LogP) is 2.72. The molecule has 0 amide bonds. The molecule has 112 valence electrons. The van der Waals surface area contributed by atoms with Gasteiger partial charge >= 0.3 is 5.97 Å². The molecule has 0 fully saturated rings. The highest BCUT2D eigenvalue weighted by molar-refractivity contribution is 7.99. The van der Waals surface area contributed by atoms with Crippen LogP contribution in [0.4, 0.5) is 0 Å². The van der Waals surface area contributed by atoms with Gasteiger partial charge in [-0.15, -0.1) is 11.8 Å². The molecule has 0 aliphatic rings. The SMILES string of the molecule is CCCNC(C)(CSc1ccccc1OC)C(=O)OC. The fourth-order valence-corrected chi connectivity index (χ4v) is 2.90. The molecule has 0 bridgehead atoms. The second-order valence-corrected chi connectivity index (χ2v) is 5.71. The zero-order chi connectivity index (χ0) is 15.0. The Labute approximate surface area is 125 Å². The van der Waals surface area contributed by atoms with Crippen molar-refractivity contribution < 1.29 is 14.3 Å². The van der Waals surface area contributed by atoms with Gasteiger partial charge in [-0.3, -0.25) is 4.79 Å². The summed E-state index contributed by atoms with van der Waals surface area (Å²) in [7, 11) is 3.07. The van der Waals surface area contributed by atoms with E-state index in [1.54, 1.807) is 18.9 Å².